The number of carbonyl (C=O) groups is 2. The second-order valence-electron chi connectivity index (χ2n) is 5.45. The summed E-state index contributed by atoms with van der Waals surface area (Å²) in [6.45, 7) is 3.61. The molecule has 1 unspecified atom stereocenters. The summed E-state index contributed by atoms with van der Waals surface area (Å²) in [5, 5.41) is 16.0. The van der Waals surface area contributed by atoms with Gasteiger partial charge in [0.25, 0.3) is 5.91 Å². The third-order valence-corrected chi connectivity index (χ3v) is 3.65. The Morgan fingerprint density at radius 3 is 2.60 bits per heavy atom. The van der Waals surface area contributed by atoms with E-state index >= 15 is 0 Å². The Hall–Kier alpha value is -3.09. The van der Waals surface area contributed by atoms with Gasteiger partial charge in [0.05, 0.1) is 12.8 Å². The van der Waals surface area contributed by atoms with Crippen molar-refractivity contribution < 1.29 is 19.4 Å². The maximum absolute atomic E-state index is 12.3. The second kappa shape index (κ2) is 8.14. The van der Waals surface area contributed by atoms with Gasteiger partial charge in [0.1, 0.15) is 11.8 Å². The molecule has 0 aliphatic rings. The lowest BCUT2D eigenvalue weighted by atomic mass is 10.2. The van der Waals surface area contributed by atoms with Gasteiger partial charge < -0.3 is 15.2 Å². The fourth-order valence-corrected chi connectivity index (χ4v) is 2.30. The number of ether oxygens (including phenoxy) is 1. The molecule has 1 aromatic carbocycles. The number of aliphatic carboxylic acids is 1. The maximum Gasteiger partial charge on any atom is 0.326 e. The van der Waals surface area contributed by atoms with Crippen molar-refractivity contribution in [3.63, 3.8) is 0 Å². The molecule has 0 saturated carbocycles. The van der Waals surface area contributed by atoms with Crippen LogP contribution in [0.4, 0.5) is 0 Å². The number of carbonyl (C=O) groups excluding carboxylic acids is 1. The Balaban J connectivity index is 2.19. The highest BCUT2D eigenvalue weighted by Gasteiger charge is 2.21. The van der Waals surface area contributed by atoms with Gasteiger partial charge in [-0.05, 0) is 50.6 Å². The van der Waals surface area contributed by atoms with E-state index in [9.17, 15) is 14.7 Å². The molecule has 132 valence electrons. The van der Waals surface area contributed by atoms with Crippen LogP contribution in [0.25, 0.3) is 5.69 Å². The van der Waals surface area contributed by atoms with E-state index in [1.165, 1.54) is 0 Å². The number of methoxy groups -OCH3 is 1. The third kappa shape index (κ3) is 4.47. The minimum Gasteiger partial charge on any atom is -0.497 e. The van der Waals surface area contributed by atoms with E-state index in [4.69, 9.17) is 4.74 Å². The Bertz CT molecular complexity index is 778. The summed E-state index contributed by atoms with van der Waals surface area (Å²) in [6.07, 6.45) is 3.65. The van der Waals surface area contributed by atoms with Gasteiger partial charge in [-0.1, -0.05) is 12.2 Å². The number of nitrogens with one attached hydrogen (secondary N) is 1. The van der Waals surface area contributed by atoms with E-state index in [-0.39, 0.29) is 12.1 Å². The average molecular weight is 343 g/mol. The molecule has 0 aliphatic carbocycles. The third-order valence-electron chi connectivity index (χ3n) is 3.65. The largest absolute Gasteiger partial charge is 0.497 e. The smallest absolute Gasteiger partial charge is 0.326 e. The molecule has 0 spiro atoms. The van der Waals surface area contributed by atoms with Crippen molar-refractivity contribution in [2.75, 3.05) is 7.11 Å². The number of nitrogens with zero attached hydrogens (tertiary/aromatic N) is 2. The van der Waals surface area contributed by atoms with E-state index in [1.54, 1.807) is 49.1 Å². The van der Waals surface area contributed by atoms with Crippen LogP contribution >= 0.6 is 0 Å². The van der Waals surface area contributed by atoms with Gasteiger partial charge in [-0.3, -0.25) is 4.79 Å². The molecule has 1 aromatic heterocycles. The van der Waals surface area contributed by atoms with Crippen LogP contribution in [0.2, 0.25) is 0 Å². The molecule has 0 radical (unpaired) electrons. The zero-order valence-electron chi connectivity index (χ0n) is 14.4. The first kappa shape index (κ1) is 18.3. The van der Waals surface area contributed by atoms with E-state index in [1.807, 2.05) is 19.1 Å². The van der Waals surface area contributed by atoms with Gasteiger partial charge in [-0.25, -0.2) is 9.48 Å². The zero-order chi connectivity index (χ0) is 18.4. The molecule has 1 atom stereocenters. The highest BCUT2D eigenvalue weighted by atomic mass is 16.5. The van der Waals surface area contributed by atoms with Crippen LogP contribution in [0.5, 0.6) is 5.75 Å². The molecule has 25 heavy (non-hydrogen) atoms. The van der Waals surface area contributed by atoms with Crippen molar-refractivity contribution in [2.45, 2.75) is 26.3 Å². The standard InChI is InChI=1S/C18H21N3O4/c1-4-5-6-15(18(23)24)19-17(22)16-11-12(2)21(20-16)13-7-9-14(25-3)10-8-13/h4-5,7-11,15H,6H2,1-3H3,(H,19,22)(H,23,24)/b5-4+. The molecule has 2 rings (SSSR count). The molecule has 1 heterocycles. The van der Waals surface area contributed by atoms with Crippen molar-refractivity contribution in [3.8, 4) is 11.4 Å². The van der Waals surface area contributed by atoms with Crippen LogP contribution in [0.15, 0.2) is 42.5 Å². The highest BCUT2D eigenvalue weighted by molar-refractivity contribution is 5.95. The SMILES string of the molecule is C/C=C/CC(NC(=O)c1cc(C)n(-c2ccc(OC)cc2)n1)C(=O)O. The first-order valence-electron chi connectivity index (χ1n) is 7.82. The fourth-order valence-electron chi connectivity index (χ4n) is 2.30. The number of amides is 1. The Labute approximate surface area is 145 Å². The van der Waals surface area contributed by atoms with Gasteiger partial charge in [0.15, 0.2) is 5.69 Å². The summed E-state index contributed by atoms with van der Waals surface area (Å²) in [6, 6.07) is 7.88. The number of carboxylic acid groups (broad SMARTS) is 1. The number of benzene rings is 1. The topological polar surface area (TPSA) is 93.5 Å². The fraction of sp³-hybridized carbons (Fsp3) is 0.278. The van der Waals surface area contributed by atoms with Crippen molar-refractivity contribution >= 4 is 11.9 Å². The van der Waals surface area contributed by atoms with Crippen molar-refractivity contribution in [3.05, 3.63) is 53.9 Å². The van der Waals surface area contributed by atoms with E-state index in [0.717, 1.165) is 17.1 Å². The van der Waals surface area contributed by atoms with Crippen LogP contribution in [-0.2, 0) is 4.79 Å². The van der Waals surface area contributed by atoms with E-state index in [0.29, 0.717) is 0 Å². The van der Waals surface area contributed by atoms with Crippen LogP contribution in [0.1, 0.15) is 29.5 Å². The quantitative estimate of drug-likeness (QED) is 0.753. The predicted octanol–water partition coefficient (Wildman–Crippen LogP) is 2.34. The molecule has 0 fully saturated rings. The highest BCUT2D eigenvalue weighted by Crippen LogP contribution is 2.17. The zero-order valence-corrected chi connectivity index (χ0v) is 14.4. The number of hydrogen-bond donors (Lipinski definition) is 2. The molecule has 0 aliphatic heterocycles. The van der Waals surface area contributed by atoms with Crippen LogP contribution in [-0.4, -0.2) is 39.9 Å². The van der Waals surface area contributed by atoms with Gasteiger partial charge in [0, 0.05) is 5.69 Å². The first-order valence-corrected chi connectivity index (χ1v) is 7.82. The molecule has 2 aromatic rings. The lowest BCUT2D eigenvalue weighted by Gasteiger charge is -2.11. The molecular weight excluding hydrogens is 322 g/mol. The van der Waals surface area contributed by atoms with Crippen molar-refractivity contribution in [1.29, 1.82) is 0 Å². The number of allylic oxidation sites excluding steroid dienone is 1. The maximum atomic E-state index is 12.3. The molecule has 7 heteroatoms. The minimum atomic E-state index is -1.09. The number of aromatic nitrogens is 2. The van der Waals surface area contributed by atoms with E-state index in [2.05, 4.69) is 10.4 Å². The predicted molar refractivity (Wildman–Crippen MR) is 93.2 cm³/mol. The van der Waals surface area contributed by atoms with Gasteiger partial charge in [0.2, 0.25) is 0 Å². The number of hydrogen-bond acceptors (Lipinski definition) is 4. The summed E-state index contributed by atoms with van der Waals surface area (Å²) in [4.78, 5) is 23.6. The minimum absolute atomic E-state index is 0.167. The lowest BCUT2D eigenvalue weighted by Crippen LogP contribution is -2.40. The van der Waals surface area contributed by atoms with Crippen molar-refractivity contribution in [2.24, 2.45) is 0 Å². The summed E-state index contributed by atoms with van der Waals surface area (Å²) >= 11 is 0. The van der Waals surface area contributed by atoms with Crippen LogP contribution in [0.3, 0.4) is 0 Å². The summed E-state index contributed by atoms with van der Waals surface area (Å²) in [7, 11) is 1.59. The lowest BCUT2D eigenvalue weighted by molar-refractivity contribution is -0.139. The molecule has 2 N–H and O–H groups in total. The Morgan fingerprint density at radius 1 is 1.36 bits per heavy atom. The van der Waals surface area contributed by atoms with Gasteiger partial charge in [-0.15, -0.1) is 0 Å². The normalized spacial score (nSPS) is 12.1. The molecule has 7 nitrogen and oxygen atoms in total. The molecular formula is C18H21N3O4. The summed E-state index contributed by atoms with van der Waals surface area (Å²) < 4.78 is 6.74. The number of rotatable bonds is 7. The second-order valence-corrected chi connectivity index (χ2v) is 5.45. The van der Waals surface area contributed by atoms with Gasteiger partial charge in [-0.2, -0.15) is 5.10 Å². The van der Waals surface area contributed by atoms with Gasteiger partial charge >= 0.3 is 5.97 Å². The summed E-state index contributed by atoms with van der Waals surface area (Å²) in [5.74, 6) is -0.884. The average Bonchev–Trinajstić information content (AvgIpc) is 3.00. The Morgan fingerprint density at radius 2 is 2.04 bits per heavy atom. The molecule has 0 saturated heterocycles. The number of aryl methyl sites for hydroxylation is 1. The molecule has 0 bridgehead atoms. The molecule has 1 amide bonds. The van der Waals surface area contributed by atoms with E-state index < -0.39 is 17.9 Å². The van der Waals surface area contributed by atoms with Crippen LogP contribution in [0, 0.1) is 6.92 Å². The van der Waals surface area contributed by atoms with Crippen molar-refractivity contribution in [1.82, 2.24) is 15.1 Å². The first-order chi connectivity index (χ1) is 12.0. The monoisotopic (exact) mass is 343 g/mol. The van der Waals surface area contributed by atoms with Crippen LogP contribution < -0.4 is 10.1 Å². The number of carboxylic acids is 1. The Kier molecular flexibility index (Phi) is 5.94. The summed E-state index contributed by atoms with van der Waals surface area (Å²) in [5.41, 5.74) is 1.71.